The van der Waals surface area contributed by atoms with Gasteiger partial charge >= 0.3 is 5.97 Å². The van der Waals surface area contributed by atoms with Crippen molar-refractivity contribution in [2.75, 3.05) is 0 Å². The van der Waals surface area contributed by atoms with Crippen LogP contribution in [-0.2, 0) is 4.79 Å². The van der Waals surface area contributed by atoms with Gasteiger partial charge in [0.2, 0.25) is 0 Å². The van der Waals surface area contributed by atoms with Crippen LogP contribution in [0.5, 0.6) is 0 Å². The lowest BCUT2D eigenvalue weighted by molar-refractivity contribution is -0.137. The number of benzene rings is 1. The van der Waals surface area contributed by atoms with Gasteiger partial charge in [0.1, 0.15) is 11.6 Å². The van der Waals surface area contributed by atoms with Crippen LogP contribution in [0.25, 0.3) is 0 Å². The molecule has 0 aliphatic rings. The van der Waals surface area contributed by atoms with Crippen LogP contribution < -0.4 is 0 Å². The highest BCUT2D eigenvalue weighted by Crippen LogP contribution is 2.26. The maximum absolute atomic E-state index is 13.2. The number of hydrogen-bond acceptors (Lipinski definition) is 2. The quantitative estimate of drug-likeness (QED) is 0.873. The van der Waals surface area contributed by atoms with Gasteiger partial charge < -0.3 is 10.1 Å². The van der Waals surface area contributed by atoms with E-state index in [1.54, 1.807) is 31.5 Å². The Labute approximate surface area is 103 Å². The molecule has 2 rings (SSSR count). The Kier molecular flexibility index (Phi) is 3.41. The number of imidazole rings is 1. The van der Waals surface area contributed by atoms with Crippen LogP contribution in [0.3, 0.4) is 0 Å². The molecule has 0 spiro atoms. The molecule has 18 heavy (non-hydrogen) atoms. The molecule has 0 amide bonds. The number of nitrogens with one attached hydrogen (secondary N) is 1. The summed E-state index contributed by atoms with van der Waals surface area (Å²) in [6.45, 7) is 1.65. The van der Waals surface area contributed by atoms with E-state index in [-0.39, 0.29) is 12.2 Å². The van der Waals surface area contributed by atoms with Crippen molar-refractivity contribution in [3.63, 3.8) is 0 Å². The summed E-state index contributed by atoms with van der Waals surface area (Å²) in [7, 11) is 0. The third-order valence-corrected chi connectivity index (χ3v) is 2.81. The number of carbonyl (C=O) groups is 1. The number of hydrogen-bond donors (Lipinski definition) is 2. The molecule has 0 fully saturated rings. The highest BCUT2D eigenvalue weighted by molar-refractivity contribution is 5.68. The topological polar surface area (TPSA) is 66.0 Å². The monoisotopic (exact) mass is 248 g/mol. The Balaban J connectivity index is 2.39. The van der Waals surface area contributed by atoms with Crippen LogP contribution in [0.2, 0.25) is 0 Å². The third kappa shape index (κ3) is 2.56. The fourth-order valence-electron chi connectivity index (χ4n) is 1.90. The van der Waals surface area contributed by atoms with E-state index in [4.69, 9.17) is 5.11 Å². The lowest BCUT2D eigenvalue weighted by atomic mass is 9.93. The van der Waals surface area contributed by atoms with Crippen molar-refractivity contribution in [2.45, 2.75) is 19.3 Å². The van der Waals surface area contributed by atoms with Crippen LogP contribution in [0, 0.1) is 12.7 Å². The number of aromatic nitrogens is 2. The van der Waals surface area contributed by atoms with Crippen molar-refractivity contribution in [1.29, 1.82) is 0 Å². The van der Waals surface area contributed by atoms with E-state index in [0.717, 1.165) is 5.56 Å². The molecule has 0 saturated heterocycles. The predicted octanol–water partition coefficient (Wildman–Crippen LogP) is 2.46. The summed E-state index contributed by atoms with van der Waals surface area (Å²) in [5.41, 5.74) is 1.24. The van der Waals surface area contributed by atoms with Crippen LogP contribution in [0.1, 0.15) is 29.3 Å². The zero-order chi connectivity index (χ0) is 13.1. The van der Waals surface area contributed by atoms with Crippen molar-refractivity contribution in [2.24, 2.45) is 0 Å². The van der Waals surface area contributed by atoms with Gasteiger partial charge in [0.05, 0.1) is 12.3 Å². The molecule has 94 valence electrons. The number of rotatable bonds is 4. The number of carboxylic acid groups (broad SMARTS) is 1. The van der Waals surface area contributed by atoms with Crippen LogP contribution >= 0.6 is 0 Å². The predicted molar refractivity (Wildman–Crippen MR) is 63.8 cm³/mol. The SMILES string of the molecule is Cc1cc(C(CC(=O)O)c2ncc[nH]2)ccc1F. The third-order valence-electron chi connectivity index (χ3n) is 2.81. The van der Waals surface area contributed by atoms with Gasteiger partial charge in [0.15, 0.2) is 0 Å². The number of aromatic amines is 1. The van der Waals surface area contributed by atoms with Gasteiger partial charge in [0.25, 0.3) is 0 Å². The fourth-order valence-corrected chi connectivity index (χ4v) is 1.90. The van der Waals surface area contributed by atoms with Gasteiger partial charge in [-0.15, -0.1) is 0 Å². The molecule has 0 aliphatic carbocycles. The number of nitrogens with zero attached hydrogens (tertiary/aromatic N) is 1. The fraction of sp³-hybridized carbons (Fsp3) is 0.231. The van der Waals surface area contributed by atoms with E-state index in [2.05, 4.69) is 9.97 Å². The van der Waals surface area contributed by atoms with Gasteiger partial charge in [-0.2, -0.15) is 0 Å². The average molecular weight is 248 g/mol. The smallest absolute Gasteiger partial charge is 0.304 e. The average Bonchev–Trinajstić information content (AvgIpc) is 2.83. The second kappa shape index (κ2) is 5.00. The van der Waals surface area contributed by atoms with Crippen molar-refractivity contribution in [1.82, 2.24) is 9.97 Å². The standard InChI is InChI=1S/C13H13FN2O2/c1-8-6-9(2-3-11(8)14)10(7-12(17)18)13-15-4-5-16-13/h2-6,10H,7H2,1H3,(H,15,16)(H,17,18). The molecule has 0 aliphatic heterocycles. The first-order valence-electron chi connectivity index (χ1n) is 5.55. The number of halogens is 1. The first-order chi connectivity index (χ1) is 8.58. The molecule has 0 saturated carbocycles. The van der Waals surface area contributed by atoms with Crippen LogP contribution in [0.15, 0.2) is 30.6 Å². The Bertz CT molecular complexity index is 552. The van der Waals surface area contributed by atoms with Crippen molar-refractivity contribution < 1.29 is 14.3 Å². The van der Waals surface area contributed by atoms with Crippen LogP contribution in [-0.4, -0.2) is 21.0 Å². The van der Waals surface area contributed by atoms with Crippen LogP contribution in [0.4, 0.5) is 4.39 Å². The van der Waals surface area contributed by atoms with Gasteiger partial charge in [-0.1, -0.05) is 12.1 Å². The Morgan fingerprint density at radius 3 is 2.89 bits per heavy atom. The number of H-pyrrole nitrogens is 1. The highest BCUT2D eigenvalue weighted by Gasteiger charge is 2.20. The zero-order valence-electron chi connectivity index (χ0n) is 9.85. The summed E-state index contributed by atoms with van der Waals surface area (Å²) in [5.74, 6) is -1.04. The molecule has 4 nitrogen and oxygen atoms in total. The van der Waals surface area contributed by atoms with Crippen molar-refractivity contribution >= 4 is 5.97 Å². The van der Waals surface area contributed by atoms with Gasteiger partial charge in [-0.05, 0) is 24.1 Å². The zero-order valence-corrected chi connectivity index (χ0v) is 9.85. The summed E-state index contributed by atoms with van der Waals surface area (Å²) in [4.78, 5) is 17.9. The Morgan fingerprint density at radius 1 is 1.56 bits per heavy atom. The minimum absolute atomic E-state index is 0.0847. The van der Waals surface area contributed by atoms with Gasteiger partial charge in [-0.25, -0.2) is 9.37 Å². The maximum Gasteiger partial charge on any atom is 0.304 e. The summed E-state index contributed by atoms with van der Waals surface area (Å²) >= 11 is 0. The summed E-state index contributed by atoms with van der Waals surface area (Å²) in [6.07, 6.45) is 3.12. The molecule has 1 aromatic heterocycles. The van der Waals surface area contributed by atoms with E-state index in [9.17, 15) is 9.18 Å². The largest absolute Gasteiger partial charge is 0.481 e. The maximum atomic E-state index is 13.2. The Morgan fingerprint density at radius 2 is 2.33 bits per heavy atom. The molecule has 2 aromatic rings. The molecular weight excluding hydrogens is 235 g/mol. The second-order valence-electron chi connectivity index (χ2n) is 4.13. The molecule has 5 heteroatoms. The summed E-state index contributed by atoms with van der Waals surface area (Å²) < 4.78 is 13.2. The lowest BCUT2D eigenvalue weighted by Gasteiger charge is -2.13. The molecule has 1 heterocycles. The molecule has 0 radical (unpaired) electrons. The first kappa shape index (κ1) is 12.3. The number of aryl methyl sites for hydroxylation is 1. The van der Waals surface area contributed by atoms with Gasteiger partial charge in [0, 0.05) is 12.4 Å². The van der Waals surface area contributed by atoms with E-state index < -0.39 is 11.9 Å². The molecule has 2 N–H and O–H groups in total. The molecule has 1 unspecified atom stereocenters. The Hall–Kier alpha value is -2.17. The highest BCUT2D eigenvalue weighted by atomic mass is 19.1. The van der Waals surface area contributed by atoms with E-state index in [0.29, 0.717) is 11.4 Å². The molecule has 0 bridgehead atoms. The number of aliphatic carboxylic acids is 1. The number of carboxylic acids is 1. The normalized spacial score (nSPS) is 12.3. The summed E-state index contributed by atoms with van der Waals surface area (Å²) in [5, 5.41) is 8.95. The molecule has 1 atom stereocenters. The lowest BCUT2D eigenvalue weighted by Crippen LogP contribution is -2.10. The molecular formula is C13H13FN2O2. The summed E-state index contributed by atoms with van der Waals surface area (Å²) in [6, 6.07) is 4.60. The van der Waals surface area contributed by atoms with Crippen molar-refractivity contribution in [3.05, 3.63) is 53.4 Å². The minimum Gasteiger partial charge on any atom is -0.481 e. The van der Waals surface area contributed by atoms with E-state index in [1.807, 2.05) is 0 Å². The van der Waals surface area contributed by atoms with E-state index in [1.165, 1.54) is 6.07 Å². The van der Waals surface area contributed by atoms with Crippen molar-refractivity contribution in [3.8, 4) is 0 Å². The second-order valence-corrected chi connectivity index (χ2v) is 4.13. The minimum atomic E-state index is -0.918. The van der Waals surface area contributed by atoms with Gasteiger partial charge in [-0.3, -0.25) is 4.79 Å². The first-order valence-corrected chi connectivity index (χ1v) is 5.55. The van der Waals surface area contributed by atoms with E-state index >= 15 is 0 Å². The molecule has 1 aromatic carbocycles.